The van der Waals surface area contributed by atoms with Crippen LogP contribution < -0.4 is 15.5 Å². The van der Waals surface area contributed by atoms with Gasteiger partial charge in [-0.1, -0.05) is 15.9 Å². The van der Waals surface area contributed by atoms with Gasteiger partial charge in [-0.25, -0.2) is 0 Å². The fraction of sp³-hybridized carbons (Fsp3) is 0.500. The molecule has 1 heterocycles. The van der Waals surface area contributed by atoms with Crippen LogP contribution in [-0.4, -0.2) is 46.3 Å². The van der Waals surface area contributed by atoms with E-state index in [2.05, 4.69) is 26.6 Å². The van der Waals surface area contributed by atoms with Gasteiger partial charge in [0.05, 0.1) is 30.5 Å². The number of hydrogen-bond donors (Lipinski definition) is 2. The van der Waals surface area contributed by atoms with Gasteiger partial charge in [0.25, 0.3) is 0 Å². The number of anilines is 2. The van der Waals surface area contributed by atoms with Crippen molar-refractivity contribution in [3.63, 3.8) is 0 Å². The van der Waals surface area contributed by atoms with Crippen molar-refractivity contribution in [3.8, 4) is 0 Å². The highest BCUT2D eigenvalue weighted by atomic mass is 79.9. The van der Waals surface area contributed by atoms with E-state index in [1.165, 1.54) is 0 Å². The van der Waals surface area contributed by atoms with Gasteiger partial charge in [0.1, 0.15) is 0 Å². The van der Waals surface area contributed by atoms with Crippen LogP contribution in [0.5, 0.6) is 0 Å². The normalized spacial score (nSPS) is 21.8. The Morgan fingerprint density at radius 3 is 2.80 bits per heavy atom. The van der Waals surface area contributed by atoms with Gasteiger partial charge in [0, 0.05) is 24.6 Å². The number of rotatable bonds is 4. The second-order valence-electron chi connectivity index (χ2n) is 5.08. The van der Waals surface area contributed by atoms with Gasteiger partial charge in [-0.05, 0) is 25.2 Å². The molecule has 0 aliphatic carbocycles. The van der Waals surface area contributed by atoms with E-state index < -0.39 is 0 Å². The molecule has 110 valence electrons. The topological polar surface area (TPSA) is 53.6 Å². The van der Waals surface area contributed by atoms with Gasteiger partial charge >= 0.3 is 0 Å². The van der Waals surface area contributed by atoms with Gasteiger partial charge in [0.2, 0.25) is 5.91 Å². The molecular weight excluding hydrogens is 322 g/mol. The van der Waals surface area contributed by atoms with Gasteiger partial charge in [-0.2, -0.15) is 0 Å². The largest absolute Gasteiger partial charge is 0.379 e. The van der Waals surface area contributed by atoms with E-state index in [1.54, 1.807) is 0 Å². The number of amides is 1. The van der Waals surface area contributed by atoms with Crippen molar-refractivity contribution in [1.82, 2.24) is 5.32 Å². The molecule has 6 heteroatoms. The monoisotopic (exact) mass is 341 g/mol. The number of benzene rings is 1. The molecule has 2 rings (SSSR count). The summed E-state index contributed by atoms with van der Waals surface area (Å²) in [5.74, 6) is -0.169. The number of carbonyl (C=O) groups excluding carboxylic acids is 1. The van der Waals surface area contributed by atoms with E-state index in [0.29, 0.717) is 13.2 Å². The van der Waals surface area contributed by atoms with Crippen LogP contribution in [0.2, 0.25) is 0 Å². The van der Waals surface area contributed by atoms with Crippen molar-refractivity contribution in [1.29, 1.82) is 0 Å². The standard InChI is InChI=1S/C14H20BrN3O2/c1-16-12-8-20-7-10(12)14(19)17-11-6-9(15)4-5-13(11)18(2)3/h4-6,10,12,16H,7-8H2,1-3H3,(H,17,19). The maximum Gasteiger partial charge on any atom is 0.231 e. The highest BCUT2D eigenvalue weighted by molar-refractivity contribution is 9.10. The van der Waals surface area contributed by atoms with Crippen molar-refractivity contribution >= 4 is 33.2 Å². The molecule has 1 aliphatic heterocycles. The lowest BCUT2D eigenvalue weighted by Crippen LogP contribution is -2.39. The van der Waals surface area contributed by atoms with Crippen LogP contribution in [0.3, 0.4) is 0 Å². The Hall–Kier alpha value is -1.11. The van der Waals surface area contributed by atoms with Crippen LogP contribution in [0.15, 0.2) is 22.7 Å². The van der Waals surface area contributed by atoms with E-state index in [4.69, 9.17) is 4.74 Å². The Morgan fingerprint density at radius 2 is 2.15 bits per heavy atom. The number of halogens is 1. The number of carbonyl (C=O) groups is 1. The fourth-order valence-electron chi connectivity index (χ4n) is 2.32. The van der Waals surface area contributed by atoms with Crippen molar-refractivity contribution in [3.05, 3.63) is 22.7 Å². The first-order valence-corrected chi connectivity index (χ1v) is 7.35. The Morgan fingerprint density at radius 1 is 1.40 bits per heavy atom. The summed E-state index contributed by atoms with van der Waals surface area (Å²) in [7, 11) is 5.76. The SMILES string of the molecule is CNC1COCC1C(=O)Nc1cc(Br)ccc1N(C)C. The molecule has 0 radical (unpaired) electrons. The van der Waals surface area contributed by atoms with Crippen molar-refractivity contribution < 1.29 is 9.53 Å². The van der Waals surface area contributed by atoms with Crippen LogP contribution in [0.4, 0.5) is 11.4 Å². The van der Waals surface area contributed by atoms with Crippen molar-refractivity contribution in [2.24, 2.45) is 5.92 Å². The molecular formula is C14H20BrN3O2. The number of likely N-dealkylation sites (N-methyl/N-ethyl adjacent to an activating group) is 1. The first-order chi connectivity index (χ1) is 9.52. The van der Waals surface area contributed by atoms with E-state index in [-0.39, 0.29) is 17.9 Å². The first kappa shape index (κ1) is 15.3. The van der Waals surface area contributed by atoms with Gasteiger partial charge < -0.3 is 20.3 Å². The number of ether oxygens (including phenoxy) is 1. The number of nitrogens with one attached hydrogen (secondary N) is 2. The van der Waals surface area contributed by atoms with Crippen molar-refractivity contribution in [2.75, 3.05) is 44.6 Å². The molecule has 1 amide bonds. The Kier molecular flexibility index (Phi) is 5.01. The Bertz CT molecular complexity index is 493. The zero-order valence-corrected chi connectivity index (χ0v) is 13.5. The Labute approximate surface area is 127 Å². The minimum atomic E-state index is -0.158. The molecule has 1 fully saturated rings. The predicted molar refractivity (Wildman–Crippen MR) is 84.3 cm³/mol. The Balaban J connectivity index is 2.17. The molecule has 2 N–H and O–H groups in total. The van der Waals surface area contributed by atoms with Gasteiger partial charge in [-0.3, -0.25) is 4.79 Å². The van der Waals surface area contributed by atoms with E-state index in [9.17, 15) is 4.79 Å². The van der Waals surface area contributed by atoms with Crippen LogP contribution in [0.25, 0.3) is 0 Å². The molecule has 1 aromatic rings. The molecule has 0 aromatic heterocycles. The van der Waals surface area contributed by atoms with Gasteiger partial charge in [-0.15, -0.1) is 0 Å². The van der Waals surface area contributed by atoms with Crippen molar-refractivity contribution in [2.45, 2.75) is 6.04 Å². The third-order valence-corrected chi connectivity index (χ3v) is 3.98. The highest BCUT2D eigenvalue weighted by Crippen LogP contribution is 2.29. The molecule has 1 aromatic carbocycles. The molecule has 0 spiro atoms. The zero-order valence-electron chi connectivity index (χ0n) is 11.9. The van der Waals surface area contributed by atoms with Crippen LogP contribution in [0, 0.1) is 5.92 Å². The third-order valence-electron chi connectivity index (χ3n) is 3.49. The first-order valence-electron chi connectivity index (χ1n) is 6.55. The third kappa shape index (κ3) is 3.31. The lowest BCUT2D eigenvalue weighted by molar-refractivity contribution is -0.120. The molecule has 1 aliphatic rings. The number of nitrogens with zero attached hydrogens (tertiary/aromatic N) is 1. The second-order valence-corrected chi connectivity index (χ2v) is 6.00. The molecule has 20 heavy (non-hydrogen) atoms. The average Bonchev–Trinajstić information content (AvgIpc) is 2.86. The zero-order chi connectivity index (χ0) is 14.7. The summed E-state index contributed by atoms with van der Waals surface area (Å²) in [6.45, 7) is 1.04. The highest BCUT2D eigenvalue weighted by Gasteiger charge is 2.33. The minimum Gasteiger partial charge on any atom is -0.379 e. The molecule has 2 atom stereocenters. The maximum atomic E-state index is 12.4. The predicted octanol–water partition coefficient (Wildman–Crippen LogP) is 1.69. The average molecular weight is 342 g/mol. The number of hydrogen-bond acceptors (Lipinski definition) is 4. The molecule has 2 unspecified atom stereocenters. The summed E-state index contributed by atoms with van der Waals surface area (Å²) in [4.78, 5) is 14.4. The second kappa shape index (κ2) is 6.56. The summed E-state index contributed by atoms with van der Waals surface area (Å²) in [6, 6.07) is 5.92. The van der Waals surface area contributed by atoms with E-state index >= 15 is 0 Å². The molecule has 0 saturated carbocycles. The molecule has 1 saturated heterocycles. The van der Waals surface area contributed by atoms with Crippen LogP contribution in [0.1, 0.15) is 0 Å². The van der Waals surface area contributed by atoms with E-state index in [1.807, 2.05) is 44.2 Å². The van der Waals surface area contributed by atoms with E-state index in [0.717, 1.165) is 15.8 Å². The summed E-state index contributed by atoms with van der Waals surface area (Å²) in [5.41, 5.74) is 1.78. The minimum absolute atomic E-state index is 0.0111. The smallest absolute Gasteiger partial charge is 0.231 e. The fourth-order valence-corrected chi connectivity index (χ4v) is 2.68. The van der Waals surface area contributed by atoms with Gasteiger partial charge in [0.15, 0.2) is 0 Å². The quantitative estimate of drug-likeness (QED) is 0.874. The summed E-state index contributed by atoms with van der Waals surface area (Å²) in [6.07, 6.45) is 0. The lowest BCUT2D eigenvalue weighted by atomic mass is 10.0. The summed E-state index contributed by atoms with van der Waals surface area (Å²) < 4.78 is 6.31. The lowest BCUT2D eigenvalue weighted by Gasteiger charge is -2.21. The van der Waals surface area contributed by atoms with Crippen LogP contribution >= 0.6 is 15.9 Å². The molecule has 5 nitrogen and oxygen atoms in total. The molecule has 0 bridgehead atoms. The maximum absolute atomic E-state index is 12.4. The summed E-state index contributed by atoms with van der Waals surface area (Å²) >= 11 is 3.44. The summed E-state index contributed by atoms with van der Waals surface area (Å²) in [5, 5.41) is 6.13. The van der Waals surface area contributed by atoms with Crippen LogP contribution in [-0.2, 0) is 9.53 Å².